The van der Waals surface area contributed by atoms with Gasteiger partial charge in [0.15, 0.2) is 0 Å². The van der Waals surface area contributed by atoms with E-state index in [-0.39, 0.29) is 6.09 Å². The van der Waals surface area contributed by atoms with E-state index in [9.17, 15) is 4.79 Å². The van der Waals surface area contributed by atoms with Crippen LogP contribution in [0.2, 0.25) is 0 Å². The van der Waals surface area contributed by atoms with Crippen LogP contribution in [0.3, 0.4) is 0 Å². The summed E-state index contributed by atoms with van der Waals surface area (Å²) in [5.74, 6) is 1.47. The van der Waals surface area contributed by atoms with Gasteiger partial charge >= 0.3 is 6.09 Å². The fourth-order valence-corrected chi connectivity index (χ4v) is 4.55. The quantitative estimate of drug-likeness (QED) is 0.860. The molecule has 5 heteroatoms. The number of fused-ring (bicyclic) bond motifs is 2. The van der Waals surface area contributed by atoms with Gasteiger partial charge in [0.25, 0.3) is 0 Å². The summed E-state index contributed by atoms with van der Waals surface area (Å²) in [4.78, 5) is 16.8. The van der Waals surface area contributed by atoms with Crippen LogP contribution >= 0.6 is 0 Å². The summed E-state index contributed by atoms with van der Waals surface area (Å²) in [5, 5.41) is 3.82. The number of carbonyl (C=O) groups is 1. The zero-order valence-electron chi connectivity index (χ0n) is 15.9. The second-order valence-electron chi connectivity index (χ2n) is 9.21. The topological polar surface area (TPSA) is 44.8 Å². The smallest absolute Gasteiger partial charge is 0.410 e. The lowest BCUT2D eigenvalue weighted by molar-refractivity contribution is 0.0219. The summed E-state index contributed by atoms with van der Waals surface area (Å²) < 4.78 is 5.59. The monoisotopic (exact) mass is 337 g/mol. The normalized spacial score (nSPS) is 32.2. The Morgan fingerprint density at radius 3 is 2.54 bits per heavy atom. The van der Waals surface area contributed by atoms with Gasteiger partial charge in [0, 0.05) is 18.6 Å². The summed E-state index contributed by atoms with van der Waals surface area (Å²) >= 11 is 0. The predicted octanol–water partition coefficient (Wildman–Crippen LogP) is 2.71. The van der Waals surface area contributed by atoms with Gasteiger partial charge < -0.3 is 19.9 Å². The molecule has 1 aliphatic carbocycles. The first-order valence-electron chi connectivity index (χ1n) is 9.71. The number of piperidine rings is 1. The van der Waals surface area contributed by atoms with E-state index in [1.807, 2.05) is 25.7 Å². The lowest BCUT2D eigenvalue weighted by Gasteiger charge is -2.33. The van der Waals surface area contributed by atoms with Crippen molar-refractivity contribution in [2.75, 3.05) is 33.2 Å². The maximum absolute atomic E-state index is 12.4. The van der Waals surface area contributed by atoms with E-state index in [0.29, 0.717) is 18.0 Å². The van der Waals surface area contributed by atoms with Crippen molar-refractivity contribution in [3.05, 3.63) is 0 Å². The number of amides is 1. The lowest BCUT2D eigenvalue weighted by Crippen LogP contribution is -2.44. The van der Waals surface area contributed by atoms with Gasteiger partial charge in [0.05, 0.1) is 0 Å². The summed E-state index contributed by atoms with van der Waals surface area (Å²) in [5.41, 5.74) is -0.403. The Morgan fingerprint density at radius 1 is 1.17 bits per heavy atom. The van der Waals surface area contributed by atoms with E-state index in [4.69, 9.17) is 4.74 Å². The van der Waals surface area contributed by atoms with Gasteiger partial charge in [-0.15, -0.1) is 0 Å². The van der Waals surface area contributed by atoms with Gasteiger partial charge in [-0.1, -0.05) is 0 Å². The van der Waals surface area contributed by atoms with Crippen LogP contribution in [0.25, 0.3) is 0 Å². The molecular weight excluding hydrogens is 302 g/mol. The van der Waals surface area contributed by atoms with Gasteiger partial charge in [0.1, 0.15) is 5.60 Å². The molecule has 3 unspecified atom stereocenters. The van der Waals surface area contributed by atoms with Crippen LogP contribution in [0.5, 0.6) is 0 Å². The minimum atomic E-state index is -0.403. The molecule has 3 aliphatic rings. The van der Waals surface area contributed by atoms with Gasteiger partial charge in [-0.05, 0) is 91.4 Å². The number of rotatable bonds is 3. The molecule has 0 radical (unpaired) electrons. The Balaban J connectivity index is 1.46. The molecule has 3 rings (SSSR count). The molecule has 5 nitrogen and oxygen atoms in total. The summed E-state index contributed by atoms with van der Waals surface area (Å²) in [6.07, 6.45) is 5.96. The Hall–Kier alpha value is -0.810. The van der Waals surface area contributed by atoms with Gasteiger partial charge in [0.2, 0.25) is 0 Å². The minimum Gasteiger partial charge on any atom is -0.444 e. The van der Waals surface area contributed by atoms with E-state index < -0.39 is 5.60 Å². The molecular formula is C19H35N3O2. The number of hydrogen-bond donors (Lipinski definition) is 1. The third-order valence-corrected chi connectivity index (χ3v) is 5.84. The first-order valence-corrected chi connectivity index (χ1v) is 9.71. The first kappa shape index (κ1) is 18.0. The summed E-state index contributed by atoms with van der Waals surface area (Å²) in [6, 6.07) is 0.939. The van der Waals surface area contributed by atoms with Crippen molar-refractivity contribution in [1.29, 1.82) is 0 Å². The third-order valence-electron chi connectivity index (χ3n) is 5.84. The van der Waals surface area contributed by atoms with Crippen LogP contribution in [0.4, 0.5) is 4.79 Å². The second-order valence-corrected chi connectivity index (χ2v) is 9.21. The van der Waals surface area contributed by atoms with Crippen LogP contribution in [0.1, 0.15) is 52.9 Å². The molecule has 24 heavy (non-hydrogen) atoms. The van der Waals surface area contributed by atoms with Crippen molar-refractivity contribution in [2.24, 2.45) is 11.8 Å². The summed E-state index contributed by atoms with van der Waals surface area (Å²) in [6.45, 7) is 10.3. The molecule has 0 spiro atoms. The van der Waals surface area contributed by atoms with Crippen molar-refractivity contribution < 1.29 is 9.53 Å². The van der Waals surface area contributed by atoms with Crippen LogP contribution in [-0.2, 0) is 4.74 Å². The lowest BCUT2D eigenvalue weighted by atomic mass is 9.86. The standard InChI is InChI=1S/C19H35N3O2/c1-19(2,3)24-18(23)22-13-15-9-16(11-17(22)10-15)20-12-14-5-7-21(4)8-6-14/h14-17,20H,5-13H2,1-4H3. The molecule has 3 fully saturated rings. The predicted molar refractivity (Wildman–Crippen MR) is 96.1 cm³/mol. The molecule has 2 bridgehead atoms. The Kier molecular flexibility index (Phi) is 5.40. The highest BCUT2D eigenvalue weighted by Crippen LogP contribution is 2.36. The van der Waals surface area contributed by atoms with E-state index in [2.05, 4.69) is 17.3 Å². The fourth-order valence-electron chi connectivity index (χ4n) is 4.55. The Labute approximate surface area is 147 Å². The van der Waals surface area contributed by atoms with Crippen LogP contribution in [-0.4, -0.2) is 66.8 Å². The molecule has 0 aromatic rings. The van der Waals surface area contributed by atoms with Crippen LogP contribution < -0.4 is 5.32 Å². The van der Waals surface area contributed by atoms with Crippen LogP contribution in [0.15, 0.2) is 0 Å². The molecule has 1 amide bonds. The first-order chi connectivity index (χ1) is 11.3. The number of nitrogens with one attached hydrogen (secondary N) is 1. The highest BCUT2D eigenvalue weighted by atomic mass is 16.6. The molecule has 2 saturated heterocycles. The zero-order chi connectivity index (χ0) is 17.3. The molecule has 0 aromatic carbocycles. The highest BCUT2D eigenvalue weighted by molar-refractivity contribution is 5.69. The maximum Gasteiger partial charge on any atom is 0.410 e. The van der Waals surface area contributed by atoms with Crippen molar-refractivity contribution in [2.45, 2.75) is 70.6 Å². The van der Waals surface area contributed by atoms with E-state index in [1.54, 1.807) is 0 Å². The van der Waals surface area contributed by atoms with E-state index in [1.165, 1.54) is 32.4 Å². The molecule has 2 heterocycles. The summed E-state index contributed by atoms with van der Waals surface area (Å²) in [7, 11) is 2.22. The van der Waals surface area contributed by atoms with Crippen molar-refractivity contribution in [3.63, 3.8) is 0 Å². The number of hydrogen-bond acceptors (Lipinski definition) is 4. The zero-order valence-corrected chi connectivity index (χ0v) is 15.9. The van der Waals surface area contributed by atoms with Gasteiger partial charge in [-0.3, -0.25) is 0 Å². The third kappa shape index (κ3) is 4.63. The molecule has 3 atom stereocenters. The number of nitrogens with zero attached hydrogens (tertiary/aromatic N) is 2. The Morgan fingerprint density at radius 2 is 1.88 bits per heavy atom. The SMILES string of the molecule is CN1CCC(CNC2CC3CC(C2)N(C(=O)OC(C)(C)C)C3)CC1. The minimum absolute atomic E-state index is 0.119. The van der Waals surface area contributed by atoms with E-state index in [0.717, 1.165) is 31.8 Å². The van der Waals surface area contributed by atoms with E-state index >= 15 is 0 Å². The van der Waals surface area contributed by atoms with Crippen molar-refractivity contribution >= 4 is 6.09 Å². The molecule has 0 aromatic heterocycles. The highest BCUT2D eigenvalue weighted by Gasteiger charge is 2.42. The second kappa shape index (κ2) is 7.20. The number of ether oxygens (including phenoxy) is 1. The average Bonchev–Trinajstić information content (AvgIpc) is 2.80. The Bertz CT molecular complexity index is 440. The largest absolute Gasteiger partial charge is 0.444 e. The number of likely N-dealkylation sites (tertiary alicyclic amines) is 2. The van der Waals surface area contributed by atoms with Gasteiger partial charge in [-0.25, -0.2) is 4.79 Å². The molecule has 1 saturated carbocycles. The van der Waals surface area contributed by atoms with Crippen molar-refractivity contribution in [3.8, 4) is 0 Å². The molecule has 138 valence electrons. The maximum atomic E-state index is 12.4. The van der Waals surface area contributed by atoms with Crippen LogP contribution in [0, 0.1) is 11.8 Å². The van der Waals surface area contributed by atoms with Crippen molar-refractivity contribution in [1.82, 2.24) is 15.1 Å². The molecule has 2 aliphatic heterocycles. The average molecular weight is 338 g/mol. The fraction of sp³-hybridized carbons (Fsp3) is 0.947. The van der Waals surface area contributed by atoms with Gasteiger partial charge in [-0.2, -0.15) is 0 Å². The number of carbonyl (C=O) groups excluding carboxylic acids is 1. The molecule has 1 N–H and O–H groups in total.